The van der Waals surface area contributed by atoms with Gasteiger partial charge in [0.2, 0.25) is 0 Å². The van der Waals surface area contributed by atoms with E-state index in [1.807, 2.05) is 0 Å². The molecule has 1 amide bonds. The van der Waals surface area contributed by atoms with Crippen molar-refractivity contribution in [3.05, 3.63) is 40.4 Å². The van der Waals surface area contributed by atoms with Gasteiger partial charge in [0, 0.05) is 12.7 Å². The van der Waals surface area contributed by atoms with Gasteiger partial charge < -0.3 is 10.0 Å². The van der Waals surface area contributed by atoms with Crippen LogP contribution in [0.15, 0.2) is 40.4 Å². The maximum atomic E-state index is 11.8. The molecule has 6 heteroatoms. The summed E-state index contributed by atoms with van der Waals surface area (Å²) in [5.41, 5.74) is 0.588. The van der Waals surface area contributed by atoms with E-state index in [2.05, 4.69) is 0 Å². The van der Waals surface area contributed by atoms with Crippen molar-refractivity contribution in [2.45, 2.75) is 0 Å². The number of carboxylic acids is 1. The minimum Gasteiger partial charge on any atom is -0.477 e. The molecule has 1 N–H and O–H groups in total. The Hall–Kier alpha value is -1.52. The van der Waals surface area contributed by atoms with Crippen LogP contribution >= 0.6 is 23.2 Å². The van der Waals surface area contributed by atoms with Gasteiger partial charge in [0.15, 0.2) is 0 Å². The number of halogens is 2. The van der Waals surface area contributed by atoms with Crippen molar-refractivity contribution in [2.24, 2.45) is 0 Å². The van der Waals surface area contributed by atoms with E-state index in [9.17, 15) is 9.59 Å². The van der Waals surface area contributed by atoms with E-state index < -0.39 is 21.9 Å². The van der Waals surface area contributed by atoms with E-state index in [4.69, 9.17) is 28.3 Å². The molecule has 90 valence electrons. The van der Waals surface area contributed by atoms with Crippen molar-refractivity contribution >= 4 is 40.8 Å². The van der Waals surface area contributed by atoms with Crippen molar-refractivity contribution in [3.63, 3.8) is 0 Å². The fraction of sp³-hybridized carbons (Fsp3) is 0.0909. The first kappa shape index (κ1) is 13.5. The van der Waals surface area contributed by atoms with Crippen molar-refractivity contribution in [3.8, 4) is 0 Å². The number of hydrogen-bond acceptors (Lipinski definition) is 2. The summed E-state index contributed by atoms with van der Waals surface area (Å²) in [6.45, 7) is 0. The first-order valence-electron chi connectivity index (χ1n) is 4.56. The zero-order chi connectivity index (χ0) is 13.0. The average molecular weight is 274 g/mol. The minimum absolute atomic E-state index is 0.523. The van der Waals surface area contributed by atoms with E-state index in [-0.39, 0.29) is 0 Å². The molecule has 0 heterocycles. The largest absolute Gasteiger partial charge is 0.477 e. The summed E-state index contributed by atoms with van der Waals surface area (Å²) in [4.78, 5) is 23.6. The lowest BCUT2D eigenvalue weighted by Crippen LogP contribution is -2.27. The quantitative estimate of drug-likeness (QED) is 0.861. The van der Waals surface area contributed by atoms with Gasteiger partial charge in [-0.3, -0.25) is 4.79 Å². The van der Waals surface area contributed by atoms with Gasteiger partial charge in [0.05, 0.1) is 0 Å². The van der Waals surface area contributed by atoms with Crippen molar-refractivity contribution in [1.29, 1.82) is 0 Å². The Morgan fingerprint density at radius 1 is 1.12 bits per heavy atom. The van der Waals surface area contributed by atoms with Gasteiger partial charge >= 0.3 is 5.97 Å². The number of rotatable bonds is 3. The van der Waals surface area contributed by atoms with E-state index in [0.717, 1.165) is 0 Å². The van der Waals surface area contributed by atoms with Crippen LogP contribution in [0.1, 0.15) is 0 Å². The standard InChI is InChI=1S/C11H9Cl2NO3/c1-14(7-5-3-2-4-6-7)10(15)8(12)9(13)11(16)17/h2-6H,1H3,(H,16,17)/b9-8+. The Morgan fingerprint density at radius 2 is 1.65 bits per heavy atom. The van der Waals surface area contributed by atoms with Gasteiger partial charge in [-0.2, -0.15) is 0 Å². The van der Waals surface area contributed by atoms with Gasteiger partial charge in [0.1, 0.15) is 10.1 Å². The van der Waals surface area contributed by atoms with Gasteiger partial charge in [-0.15, -0.1) is 0 Å². The molecule has 0 aliphatic heterocycles. The lowest BCUT2D eigenvalue weighted by atomic mass is 10.3. The van der Waals surface area contributed by atoms with Crippen LogP contribution in [0.5, 0.6) is 0 Å². The molecule has 0 aliphatic rings. The molecule has 1 rings (SSSR count). The number of carboxylic acid groups (broad SMARTS) is 1. The molecule has 0 fully saturated rings. The summed E-state index contributed by atoms with van der Waals surface area (Å²) >= 11 is 11.0. The highest BCUT2D eigenvalue weighted by molar-refractivity contribution is 6.54. The third kappa shape index (κ3) is 3.22. The molecule has 17 heavy (non-hydrogen) atoms. The number of likely N-dealkylation sites (N-methyl/N-ethyl adjacent to an activating group) is 1. The Kier molecular flexibility index (Phi) is 4.54. The van der Waals surface area contributed by atoms with Crippen LogP contribution in [0.25, 0.3) is 0 Å². The molecular weight excluding hydrogens is 265 g/mol. The second kappa shape index (κ2) is 5.70. The lowest BCUT2D eigenvalue weighted by Gasteiger charge is -2.16. The molecule has 0 bridgehead atoms. The molecule has 0 radical (unpaired) electrons. The number of anilines is 1. The third-order valence-corrected chi connectivity index (χ3v) is 2.81. The Labute approximate surface area is 108 Å². The van der Waals surface area contributed by atoms with Gasteiger partial charge in [0.25, 0.3) is 5.91 Å². The summed E-state index contributed by atoms with van der Waals surface area (Å²) in [5.74, 6) is -2.11. The van der Waals surface area contributed by atoms with Crippen molar-refractivity contribution < 1.29 is 14.7 Å². The SMILES string of the molecule is CN(C(=O)/C(Cl)=C(\Cl)C(=O)O)c1ccccc1. The molecule has 0 atom stereocenters. The Bertz CT molecular complexity index is 471. The van der Waals surface area contributed by atoms with Crippen LogP contribution in [0, 0.1) is 0 Å². The zero-order valence-corrected chi connectivity index (χ0v) is 10.4. The number of benzene rings is 1. The maximum absolute atomic E-state index is 11.8. The fourth-order valence-electron chi connectivity index (χ4n) is 1.10. The highest BCUT2D eigenvalue weighted by Crippen LogP contribution is 2.20. The van der Waals surface area contributed by atoms with E-state index in [1.165, 1.54) is 11.9 Å². The fourth-order valence-corrected chi connectivity index (χ4v) is 1.39. The van der Waals surface area contributed by atoms with Crippen LogP contribution < -0.4 is 4.90 Å². The summed E-state index contributed by atoms with van der Waals surface area (Å²) < 4.78 is 0. The second-order valence-corrected chi connectivity index (χ2v) is 3.89. The summed E-state index contributed by atoms with van der Waals surface area (Å²) in [6, 6.07) is 8.67. The Balaban J connectivity index is 3.00. The first-order valence-corrected chi connectivity index (χ1v) is 5.32. The van der Waals surface area contributed by atoms with Crippen LogP contribution in [-0.4, -0.2) is 24.0 Å². The van der Waals surface area contributed by atoms with Crippen molar-refractivity contribution in [1.82, 2.24) is 0 Å². The lowest BCUT2D eigenvalue weighted by molar-refractivity contribution is -0.132. The van der Waals surface area contributed by atoms with E-state index in [0.29, 0.717) is 5.69 Å². The molecule has 0 unspecified atom stereocenters. The van der Waals surface area contributed by atoms with Crippen LogP contribution in [0.4, 0.5) is 5.69 Å². The van der Waals surface area contributed by atoms with Gasteiger partial charge in [-0.1, -0.05) is 41.4 Å². The minimum atomic E-state index is -1.44. The number of aliphatic carboxylic acids is 1. The topological polar surface area (TPSA) is 57.6 Å². The molecule has 0 aliphatic carbocycles. The second-order valence-electron chi connectivity index (χ2n) is 3.13. The number of carbonyl (C=O) groups is 2. The molecule has 1 aromatic carbocycles. The maximum Gasteiger partial charge on any atom is 0.349 e. The van der Waals surface area contributed by atoms with Gasteiger partial charge in [-0.05, 0) is 12.1 Å². The number of carbonyl (C=O) groups excluding carboxylic acids is 1. The van der Waals surface area contributed by atoms with Crippen LogP contribution in [0.3, 0.4) is 0 Å². The number of para-hydroxylation sites is 1. The molecule has 0 spiro atoms. The molecule has 0 saturated carbocycles. The highest BCUT2D eigenvalue weighted by Gasteiger charge is 2.21. The van der Waals surface area contributed by atoms with E-state index >= 15 is 0 Å². The van der Waals surface area contributed by atoms with Crippen molar-refractivity contribution in [2.75, 3.05) is 11.9 Å². The molecular formula is C11H9Cl2NO3. The first-order chi connectivity index (χ1) is 7.95. The number of hydrogen-bond donors (Lipinski definition) is 1. The van der Waals surface area contributed by atoms with Gasteiger partial charge in [-0.25, -0.2) is 4.79 Å². The number of amides is 1. The smallest absolute Gasteiger partial charge is 0.349 e. The Morgan fingerprint density at radius 3 is 2.12 bits per heavy atom. The zero-order valence-electron chi connectivity index (χ0n) is 8.85. The highest BCUT2D eigenvalue weighted by atomic mass is 35.5. The molecule has 1 aromatic rings. The van der Waals surface area contributed by atoms with Crippen LogP contribution in [0.2, 0.25) is 0 Å². The normalized spacial score (nSPS) is 11.7. The number of nitrogens with zero attached hydrogens (tertiary/aromatic N) is 1. The predicted molar refractivity (Wildman–Crippen MR) is 66.2 cm³/mol. The predicted octanol–water partition coefficient (Wildman–Crippen LogP) is 2.42. The van der Waals surface area contributed by atoms with Crippen LogP contribution in [-0.2, 0) is 9.59 Å². The van der Waals surface area contributed by atoms with E-state index in [1.54, 1.807) is 30.3 Å². The summed E-state index contributed by atoms with van der Waals surface area (Å²) in [6.07, 6.45) is 0. The third-order valence-electron chi connectivity index (χ3n) is 2.02. The monoisotopic (exact) mass is 273 g/mol. The molecule has 0 saturated heterocycles. The average Bonchev–Trinajstić information content (AvgIpc) is 2.36. The summed E-state index contributed by atoms with van der Waals surface area (Å²) in [7, 11) is 1.48. The summed E-state index contributed by atoms with van der Waals surface area (Å²) in [5, 5.41) is 7.39. The molecule has 4 nitrogen and oxygen atoms in total. The molecule has 0 aromatic heterocycles.